The van der Waals surface area contributed by atoms with Crippen LogP contribution in [-0.2, 0) is 14.3 Å². The molecular weight excluding hydrogens is 206 g/mol. The average Bonchev–Trinajstić information content (AvgIpc) is 2.29. The van der Waals surface area contributed by atoms with Crippen LogP contribution in [0.25, 0.3) is 0 Å². The van der Waals surface area contributed by atoms with Crippen LogP contribution in [0.2, 0.25) is 0 Å². The van der Waals surface area contributed by atoms with E-state index in [0.717, 1.165) is 26.1 Å². The maximum atomic E-state index is 11.4. The van der Waals surface area contributed by atoms with Gasteiger partial charge in [-0.25, -0.2) is 0 Å². The van der Waals surface area contributed by atoms with Crippen molar-refractivity contribution in [2.75, 3.05) is 26.3 Å². The largest absolute Gasteiger partial charge is 0.466 e. The molecule has 0 aromatic heterocycles. The Balaban J connectivity index is 2.34. The maximum absolute atomic E-state index is 11.4. The molecule has 0 aromatic rings. The summed E-state index contributed by atoms with van der Waals surface area (Å²) in [6, 6.07) is 0.247. The Kier molecular flexibility index (Phi) is 5.77. The summed E-state index contributed by atoms with van der Waals surface area (Å²) >= 11 is 0. The number of hydrogen-bond donors (Lipinski definition) is 0. The minimum absolute atomic E-state index is 0.102. The van der Waals surface area contributed by atoms with Gasteiger partial charge in [0.15, 0.2) is 0 Å². The van der Waals surface area contributed by atoms with Gasteiger partial charge in [0.25, 0.3) is 0 Å². The van der Waals surface area contributed by atoms with Gasteiger partial charge in [0.05, 0.1) is 25.7 Å². The first kappa shape index (κ1) is 13.5. The second-order valence-corrected chi connectivity index (χ2v) is 4.25. The first-order valence-electron chi connectivity index (χ1n) is 6.18. The van der Waals surface area contributed by atoms with Crippen molar-refractivity contribution in [1.29, 1.82) is 0 Å². The van der Waals surface area contributed by atoms with Crippen molar-refractivity contribution in [3.8, 4) is 0 Å². The van der Waals surface area contributed by atoms with E-state index in [-0.39, 0.29) is 12.0 Å². The van der Waals surface area contributed by atoms with Gasteiger partial charge in [0.1, 0.15) is 0 Å². The molecule has 16 heavy (non-hydrogen) atoms. The molecule has 0 aliphatic carbocycles. The summed E-state index contributed by atoms with van der Waals surface area (Å²) in [5, 5.41) is 0. The minimum atomic E-state index is -0.102. The number of hydrogen-bond acceptors (Lipinski definition) is 4. The fourth-order valence-electron chi connectivity index (χ4n) is 1.98. The molecule has 0 aromatic carbocycles. The lowest BCUT2D eigenvalue weighted by Crippen LogP contribution is -2.47. The predicted octanol–water partition coefficient (Wildman–Crippen LogP) is 1.44. The van der Waals surface area contributed by atoms with Crippen LogP contribution < -0.4 is 0 Å². The van der Waals surface area contributed by atoms with Gasteiger partial charge >= 0.3 is 5.97 Å². The number of carbonyl (C=O) groups excluding carboxylic acids is 1. The first-order valence-corrected chi connectivity index (χ1v) is 6.18. The van der Waals surface area contributed by atoms with Gasteiger partial charge in [0.2, 0.25) is 0 Å². The zero-order valence-corrected chi connectivity index (χ0v) is 10.6. The average molecular weight is 229 g/mol. The summed E-state index contributed by atoms with van der Waals surface area (Å²) in [5.74, 6) is -0.102. The molecule has 0 radical (unpaired) electrons. The minimum Gasteiger partial charge on any atom is -0.466 e. The Bertz CT molecular complexity index is 220. The van der Waals surface area contributed by atoms with E-state index in [1.54, 1.807) is 0 Å². The fourth-order valence-corrected chi connectivity index (χ4v) is 1.98. The van der Waals surface area contributed by atoms with E-state index in [4.69, 9.17) is 9.47 Å². The summed E-state index contributed by atoms with van der Waals surface area (Å²) in [6.07, 6.45) is 1.82. The van der Waals surface area contributed by atoms with Crippen molar-refractivity contribution >= 4 is 5.97 Å². The molecule has 1 aliphatic rings. The molecule has 1 saturated heterocycles. The Labute approximate surface area is 97.9 Å². The van der Waals surface area contributed by atoms with Crippen LogP contribution in [0.3, 0.4) is 0 Å². The van der Waals surface area contributed by atoms with Gasteiger partial charge in [-0.2, -0.15) is 0 Å². The smallest absolute Gasteiger partial charge is 0.307 e. The summed E-state index contributed by atoms with van der Waals surface area (Å²) in [6.45, 7) is 9.12. The molecule has 4 nitrogen and oxygen atoms in total. The number of carbonyl (C=O) groups is 1. The number of ether oxygens (including phenoxy) is 2. The van der Waals surface area contributed by atoms with E-state index >= 15 is 0 Å². The Hall–Kier alpha value is -0.610. The molecule has 2 atom stereocenters. The first-order chi connectivity index (χ1) is 7.67. The Morgan fingerprint density at radius 1 is 1.56 bits per heavy atom. The van der Waals surface area contributed by atoms with Crippen LogP contribution in [0.15, 0.2) is 0 Å². The van der Waals surface area contributed by atoms with Gasteiger partial charge in [-0.1, -0.05) is 6.92 Å². The third kappa shape index (κ3) is 4.10. The second-order valence-electron chi connectivity index (χ2n) is 4.25. The highest BCUT2D eigenvalue weighted by atomic mass is 16.5. The predicted molar refractivity (Wildman–Crippen MR) is 62.3 cm³/mol. The molecule has 4 heteroatoms. The lowest BCUT2D eigenvalue weighted by Gasteiger charge is -2.36. The monoisotopic (exact) mass is 229 g/mol. The molecule has 0 N–H and O–H groups in total. The van der Waals surface area contributed by atoms with Crippen LogP contribution in [0.4, 0.5) is 0 Å². The van der Waals surface area contributed by atoms with Crippen molar-refractivity contribution < 1.29 is 14.3 Å². The molecular formula is C12H23NO3. The van der Waals surface area contributed by atoms with E-state index in [0.29, 0.717) is 19.1 Å². The number of morpholine rings is 1. The van der Waals surface area contributed by atoms with E-state index in [9.17, 15) is 4.79 Å². The molecule has 2 unspecified atom stereocenters. The number of nitrogens with zero attached hydrogens (tertiary/aromatic N) is 1. The molecule has 0 amide bonds. The van der Waals surface area contributed by atoms with Crippen molar-refractivity contribution in [3.05, 3.63) is 0 Å². The van der Waals surface area contributed by atoms with E-state index in [1.165, 1.54) is 0 Å². The maximum Gasteiger partial charge on any atom is 0.307 e. The SMILES string of the molecule is CCOC(=O)CC(C)N1CCOC(CC)C1. The highest BCUT2D eigenvalue weighted by Gasteiger charge is 2.24. The Morgan fingerprint density at radius 2 is 2.31 bits per heavy atom. The third-order valence-corrected chi connectivity index (χ3v) is 3.02. The lowest BCUT2D eigenvalue weighted by atomic mass is 10.1. The summed E-state index contributed by atoms with van der Waals surface area (Å²) in [7, 11) is 0. The van der Waals surface area contributed by atoms with Crippen LogP contribution in [-0.4, -0.2) is 49.3 Å². The van der Waals surface area contributed by atoms with Crippen LogP contribution >= 0.6 is 0 Å². The summed E-state index contributed by atoms with van der Waals surface area (Å²) in [5.41, 5.74) is 0. The van der Waals surface area contributed by atoms with Gasteiger partial charge in [0, 0.05) is 19.1 Å². The van der Waals surface area contributed by atoms with Gasteiger partial charge in [-0.05, 0) is 20.3 Å². The van der Waals surface area contributed by atoms with Crippen LogP contribution in [0.5, 0.6) is 0 Å². The number of rotatable bonds is 5. The molecule has 0 bridgehead atoms. The molecule has 0 spiro atoms. The normalized spacial score (nSPS) is 24.1. The van der Waals surface area contributed by atoms with Crippen LogP contribution in [0, 0.1) is 0 Å². The second kappa shape index (κ2) is 6.86. The van der Waals surface area contributed by atoms with Crippen molar-refractivity contribution in [2.45, 2.75) is 45.8 Å². The van der Waals surface area contributed by atoms with Crippen molar-refractivity contribution in [1.82, 2.24) is 4.90 Å². The standard InChI is InChI=1S/C12H23NO3/c1-4-11-9-13(6-7-16-11)10(3)8-12(14)15-5-2/h10-11H,4-9H2,1-3H3. The van der Waals surface area contributed by atoms with Crippen molar-refractivity contribution in [3.63, 3.8) is 0 Å². The zero-order chi connectivity index (χ0) is 12.0. The fraction of sp³-hybridized carbons (Fsp3) is 0.917. The number of esters is 1. The third-order valence-electron chi connectivity index (χ3n) is 3.02. The zero-order valence-electron chi connectivity index (χ0n) is 10.6. The summed E-state index contributed by atoms with van der Waals surface area (Å²) in [4.78, 5) is 13.7. The van der Waals surface area contributed by atoms with Gasteiger partial charge < -0.3 is 9.47 Å². The molecule has 1 heterocycles. The van der Waals surface area contributed by atoms with E-state index in [1.807, 2.05) is 6.92 Å². The van der Waals surface area contributed by atoms with Gasteiger partial charge in [-0.3, -0.25) is 9.69 Å². The van der Waals surface area contributed by atoms with Crippen molar-refractivity contribution in [2.24, 2.45) is 0 Å². The Morgan fingerprint density at radius 3 is 2.94 bits per heavy atom. The van der Waals surface area contributed by atoms with E-state index < -0.39 is 0 Å². The van der Waals surface area contributed by atoms with Crippen LogP contribution in [0.1, 0.15) is 33.6 Å². The summed E-state index contributed by atoms with van der Waals surface area (Å²) < 4.78 is 10.6. The van der Waals surface area contributed by atoms with E-state index in [2.05, 4.69) is 18.7 Å². The molecule has 94 valence electrons. The lowest BCUT2D eigenvalue weighted by molar-refractivity contribution is -0.145. The molecule has 1 aliphatic heterocycles. The molecule has 1 fully saturated rings. The molecule has 0 saturated carbocycles. The van der Waals surface area contributed by atoms with Gasteiger partial charge in [-0.15, -0.1) is 0 Å². The topological polar surface area (TPSA) is 38.8 Å². The highest BCUT2D eigenvalue weighted by Crippen LogP contribution is 2.13. The quantitative estimate of drug-likeness (QED) is 0.669. The highest BCUT2D eigenvalue weighted by molar-refractivity contribution is 5.70. The molecule has 1 rings (SSSR count).